The van der Waals surface area contributed by atoms with Gasteiger partial charge in [-0.15, -0.1) is 0 Å². The van der Waals surface area contributed by atoms with Gasteiger partial charge in [-0.3, -0.25) is 9.59 Å². The van der Waals surface area contributed by atoms with Gasteiger partial charge in [0, 0.05) is 24.1 Å². The van der Waals surface area contributed by atoms with Gasteiger partial charge in [-0.2, -0.15) is 0 Å². The molecule has 1 aliphatic carbocycles. The Balaban J connectivity index is 1.49. The van der Waals surface area contributed by atoms with E-state index in [0.717, 1.165) is 20.0 Å². The van der Waals surface area contributed by atoms with Crippen molar-refractivity contribution >= 4 is 17.5 Å². The number of carbonyl (C=O) groups excluding carboxylic acids is 2. The third-order valence-electron chi connectivity index (χ3n) is 4.47. The van der Waals surface area contributed by atoms with E-state index >= 15 is 0 Å². The lowest BCUT2D eigenvalue weighted by molar-refractivity contribution is -0.125. The van der Waals surface area contributed by atoms with E-state index in [0.29, 0.717) is 11.8 Å². The molecule has 23 heavy (non-hydrogen) atoms. The molecule has 1 saturated carbocycles. The van der Waals surface area contributed by atoms with Gasteiger partial charge in [0.2, 0.25) is 11.8 Å². The summed E-state index contributed by atoms with van der Waals surface area (Å²) in [6.07, 6.45) is 0. The molecule has 1 heterocycles. The lowest BCUT2D eigenvalue weighted by atomic mass is 10.1. The van der Waals surface area contributed by atoms with Gasteiger partial charge >= 0.3 is 0 Å². The monoisotopic (exact) mass is 323 g/mol. The molecule has 0 spiro atoms. The first-order valence-corrected chi connectivity index (χ1v) is 7.63. The molecule has 2 amide bonds. The summed E-state index contributed by atoms with van der Waals surface area (Å²) in [7, 11) is 0. The van der Waals surface area contributed by atoms with Gasteiger partial charge in [0.1, 0.15) is 0 Å². The minimum absolute atomic E-state index is 0.00570. The molecule has 2 aliphatic rings. The number of alkyl halides is 2. The summed E-state index contributed by atoms with van der Waals surface area (Å²) in [5.41, 5.74) is 0.119. The van der Waals surface area contributed by atoms with Crippen molar-refractivity contribution in [3.63, 3.8) is 0 Å². The van der Waals surface area contributed by atoms with Crippen LogP contribution in [-0.2, 0) is 15.5 Å². The summed E-state index contributed by atoms with van der Waals surface area (Å²) in [5, 5.41) is 8.33. The summed E-state index contributed by atoms with van der Waals surface area (Å²) in [5.74, 6) is -2.72. The number of anilines is 1. The number of halogens is 2. The van der Waals surface area contributed by atoms with Crippen molar-refractivity contribution < 1.29 is 18.4 Å². The third kappa shape index (κ3) is 3.50. The molecule has 1 aromatic rings. The van der Waals surface area contributed by atoms with Gasteiger partial charge in [0.25, 0.3) is 5.92 Å². The van der Waals surface area contributed by atoms with Crippen LogP contribution in [0.25, 0.3) is 0 Å². The summed E-state index contributed by atoms with van der Waals surface area (Å²) in [6.45, 7) is 2.35. The Morgan fingerprint density at radius 2 is 2.00 bits per heavy atom. The van der Waals surface area contributed by atoms with Crippen molar-refractivity contribution in [2.24, 2.45) is 17.8 Å². The summed E-state index contributed by atoms with van der Waals surface area (Å²) in [4.78, 5) is 23.8. The maximum Gasteiger partial charge on any atom is 0.270 e. The van der Waals surface area contributed by atoms with Crippen LogP contribution >= 0.6 is 0 Å². The van der Waals surface area contributed by atoms with Crippen LogP contribution in [0.15, 0.2) is 24.3 Å². The van der Waals surface area contributed by atoms with Gasteiger partial charge in [-0.05, 0) is 37.1 Å². The smallest absolute Gasteiger partial charge is 0.270 e. The second kappa shape index (κ2) is 5.88. The maximum atomic E-state index is 13.3. The van der Waals surface area contributed by atoms with Crippen LogP contribution in [0.1, 0.15) is 12.5 Å². The lowest BCUT2D eigenvalue weighted by Crippen LogP contribution is -2.35. The lowest BCUT2D eigenvalue weighted by Gasteiger charge is -2.13. The standard InChI is InChI=1S/C16H19F2N3O2/c1-16(17,18)9-3-2-4-10(5-9)21-13(22)8-20-15(23)14-11-6-19-7-12(11)14/h2-5,11-12,14,19H,6-8H2,1H3,(H,20,23)(H,21,22). The normalized spacial score (nSPS) is 25.6. The predicted octanol–water partition coefficient (Wildman–Crippen LogP) is 1.32. The Kier molecular flexibility index (Phi) is 4.06. The van der Waals surface area contributed by atoms with Gasteiger partial charge < -0.3 is 16.0 Å². The first-order valence-electron chi connectivity index (χ1n) is 7.63. The molecule has 5 nitrogen and oxygen atoms in total. The second-order valence-electron chi connectivity index (χ2n) is 6.25. The molecule has 2 unspecified atom stereocenters. The van der Waals surface area contributed by atoms with Crippen molar-refractivity contribution in [1.29, 1.82) is 0 Å². The minimum atomic E-state index is -2.97. The Morgan fingerprint density at radius 1 is 1.30 bits per heavy atom. The molecule has 1 aromatic carbocycles. The van der Waals surface area contributed by atoms with E-state index in [4.69, 9.17) is 0 Å². The third-order valence-corrected chi connectivity index (χ3v) is 4.47. The molecular weight excluding hydrogens is 304 g/mol. The first-order chi connectivity index (χ1) is 10.9. The highest BCUT2D eigenvalue weighted by molar-refractivity contribution is 5.95. The molecule has 1 saturated heterocycles. The zero-order valence-electron chi connectivity index (χ0n) is 12.7. The molecular formula is C16H19F2N3O2. The quantitative estimate of drug-likeness (QED) is 0.765. The molecule has 124 valence electrons. The zero-order chi connectivity index (χ0) is 16.6. The SMILES string of the molecule is CC(F)(F)c1cccc(NC(=O)CNC(=O)C2C3CNCC32)c1. The number of piperidine rings is 1. The number of fused-ring (bicyclic) bond motifs is 1. The van der Waals surface area contributed by atoms with E-state index in [-0.39, 0.29) is 29.6 Å². The van der Waals surface area contributed by atoms with Crippen LogP contribution in [0.4, 0.5) is 14.5 Å². The zero-order valence-corrected chi connectivity index (χ0v) is 12.7. The second-order valence-corrected chi connectivity index (χ2v) is 6.25. The van der Waals surface area contributed by atoms with E-state index in [1.54, 1.807) is 0 Å². The number of carbonyl (C=O) groups is 2. The number of nitrogens with one attached hydrogen (secondary N) is 3. The molecule has 0 bridgehead atoms. The summed E-state index contributed by atoms with van der Waals surface area (Å²) >= 11 is 0. The molecule has 3 N–H and O–H groups in total. The van der Waals surface area contributed by atoms with Gasteiger partial charge in [0.05, 0.1) is 6.54 Å². The first kappa shape index (κ1) is 15.9. The highest BCUT2D eigenvalue weighted by Gasteiger charge is 2.56. The number of hydrogen-bond acceptors (Lipinski definition) is 3. The van der Waals surface area contributed by atoms with Crippen LogP contribution in [0, 0.1) is 17.8 Å². The topological polar surface area (TPSA) is 70.2 Å². The van der Waals surface area contributed by atoms with Crippen LogP contribution in [0.3, 0.4) is 0 Å². The molecule has 1 aliphatic heterocycles. The van der Waals surface area contributed by atoms with E-state index in [2.05, 4.69) is 16.0 Å². The fraction of sp³-hybridized carbons (Fsp3) is 0.500. The van der Waals surface area contributed by atoms with Crippen molar-refractivity contribution in [3.05, 3.63) is 29.8 Å². The Labute approximate surface area is 132 Å². The van der Waals surface area contributed by atoms with Crippen molar-refractivity contribution in [3.8, 4) is 0 Å². The fourth-order valence-electron chi connectivity index (χ4n) is 3.17. The number of hydrogen-bond donors (Lipinski definition) is 3. The van der Waals surface area contributed by atoms with Crippen molar-refractivity contribution in [1.82, 2.24) is 10.6 Å². The summed E-state index contributed by atoms with van der Waals surface area (Å²) in [6, 6.07) is 5.53. The van der Waals surface area contributed by atoms with Gasteiger partial charge in [-0.25, -0.2) is 8.78 Å². The van der Waals surface area contributed by atoms with Crippen LogP contribution in [0.5, 0.6) is 0 Å². The van der Waals surface area contributed by atoms with Crippen molar-refractivity contribution in [2.45, 2.75) is 12.8 Å². The van der Waals surface area contributed by atoms with Gasteiger partial charge in [-0.1, -0.05) is 12.1 Å². The van der Waals surface area contributed by atoms with Crippen molar-refractivity contribution in [2.75, 3.05) is 25.0 Å². The average Bonchev–Trinajstić information content (AvgIpc) is 2.97. The Hall–Kier alpha value is -2.02. The number of amides is 2. The predicted molar refractivity (Wildman–Crippen MR) is 81.0 cm³/mol. The highest BCUT2D eigenvalue weighted by Crippen LogP contribution is 2.48. The Morgan fingerprint density at radius 3 is 2.65 bits per heavy atom. The van der Waals surface area contributed by atoms with Gasteiger partial charge in [0.15, 0.2) is 0 Å². The van der Waals surface area contributed by atoms with Crippen LogP contribution in [-0.4, -0.2) is 31.4 Å². The molecule has 0 radical (unpaired) electrons. The largest absolute Gasteiger partial charge is 0.347 e. The molecule has 7 heteroatoms. The number of benzene rings is 1. The van der Waals surface area contributed by atoms with Crippen LogP contribution in [0.2, 0.25) is 0 Å². The minimum Gasteiger partial charge on any atom is -0.347 e. The molecule has 0 aromatic heterocycles. The van der Waals surface area contributed by atoms with Crippen LogP contribution < -0.4 is 16.0 Å². The highest BCUT2D eigenvalue weighted by atomic mass is 19.3. The Bertz CT molecular complexity index is 620. The maximum absolute atomic E-state index is 13.3. The van der Waals surface area contributed by atoms with E-state index in [1.165, 1.54) is 24.3 Å². The van der Waals surface area contributed by atoms with E-state index in [1.807, 2.05) is 0 Å². The number of rotatable bonds is 5. The summed E-state index contributed by atoms with van der Waals surface area (Å²) < 4.78 is 26.5. The van der Waals surface area contributed by atoms with E-state index < -0.39 is 11.8 Å². The molecule has 2 atom stereocenters. The molecule has 3 rings (SSSR count). The fourth-order valence-corrected chi connectivity index (χ4v) is 3.17. The average molecular weight is 323 g/mol. The van der Waals surface area contributed by atoms with E-state index in [9.17, 15) is 18.4 Å². The molecule has 2 fully saturated rings.